The predicted octanol–water partition coefficient (Wildman–Crippen LogP) is 1.93. The molecule has 1 N–H and O–H groups in total. The lowest BCUT2D eigenvalue weighted by molar-refractivity contribution is -0.137. The van der Waals surface area contributed by atoms with E-state index in [0.29, 0.717) is 19.6 Å². The van der Waals surface area contributed by atoms with Gasteiger partial charge in [-0.25, -0.2) is 0 Å². The van der Waals surface area contributed by atoms with Crippen LogP contribution in [-0.2, 0) is 11.3 Å². The number of aromatic nitrogens is 1. The second-order valence-corrected chi connectivity index (χ2v) is 4.13. The fourth-order valence-electron chi connectivity index (χ4n) is 1.57. The number of hydrogen-bond acceptors (Lipinski definition) is 3. The summed E-state index contributed by atoms with van der Waals surface area (Å²) in [7, 11) is 0. The molecule has 0 aromatic carbocycles. The zero-order chi connectivity index (χ0) is 12.7. The van der Waals surface area contributed by atoms with Crippen molar-refractivity contribution >= 4 is 5.97 Å². The van der Waals surface area contributed by atoms with Crippen LogP contribution in [0.1, 0.15) is 19.0 Å². The lowest BCUT2D eigenvalue weighted by Gasteiger charge is -2.21. The lowest BCUT2D eigenvalue weighted by atomic mass is 10.2. The minimum Gasteiger partial charge on any atom is -0.481 e. The number of aliphatic carboxylic acids is 1. The van der Waals surface area contributed by atoms with Crippen molar-refractivity contribution in [2.24, 2.45) is 0 Å². The molecule has 0 saturated carbocycles. The molecule has 92 valence electrons. The first-order valence-corrected chi connectivity index (χ1v) is 5.56. The van der Waals surface area contributed by atoms with Gasteiger partial charge in [-0.3, -0.25) is 14.7 Å². The van der Waals surface area contributed by atoms with Crippen LogP contribution in [0.25, 0.3) is 0 Å². The third-order valence-electron chi connectivity index (χ3n) is 2.25. The molecule has 0 amide bonds. The van der Waals surface area contributed by atoms with Crippen LogP contribution in [-0.4, -0.2) is 34.0 Å². The fourth-order valence-corrected chi connectivity index (χ4v) is 1.57. The Hall–Kier alpha value is -1.68. The van der Waals surface area contributed by atoms with Crippen molar-refractivity contribution in [3.8, 4) is 0 Å². The molecule has 0 spiro atoms. The zero-order valence-electron chi connectivity index (χ0n) is 10.1. The molecule has 0 unspecified atom stereocenters. The van der Waals surface area contributed by atoms with Crippen LogP contribution in [0.15, 0.2) is 36.5 Å². The maximum absolute atomic E-state index is 10.6. The van der Waals surface area contributed by atoms with Crippen molar-refractivity contribution in [3.63, 3.8) is 0 Å². The maximum atomic E-state index is 10.6. The number of carboxylic acid groups (broad SMARTS) is 1. The highest BCUT2D eigenvalue weighted by Crippen LogP contribution is 2.04. The topological polar surface area (TPSA) is 53.4 Å². The van der Waals surface area contributed by atoms with Crippen LogP contribution >= 0.6 is 0 Å². The number of hydrogen-bond donors (Lipinski definition) is 1. The van der Waals surface area contributed by atoms with Gasteiger partial charge in [0.05, 0.1) is 12.1 Å². The molecule has 0 bridgehead atoms. The second kappa shape index (κ2) is 6.81. The summed E-state index contributed by atoms with van der Waals surface area (Å²) in [5, 5.41) is 8.70. The summed E-state index contributed by atoms with van der Waals surface area (Å²) < 4.78 is 0. The van der Waals surface area contributed by atoms with E-state index in [9.17, 15) is 4.79 Å². The fraction of sp³-hybridized carbons (Fsp3) is 0.385. The summed E-state index contributed by atoms with van der Waals surface area (Å²) in [4.78, 5) is 16.9. The Morgan fingerprint density at radius 1 is 1.53 bits per heavy atom. The van der Waals surface area contributed by atoms with E-state index >= 15 is 0 Å². The van der Waals surface area contributed by atoms with Gasteiger partial charge in [0.15, 0.2) is 0 Å². The summed E-state index contributed by atoms with van der Waals surface area (Å²) in [6, 6.07) is 5.73. The highest BCUT2D eigenvalue weighted by atomic mass is 16.4. The molecule has 1 aromatic rings. The highest BCUT2D eigenvalue weighted by molar-refractivity contribution is 5.66. The third kappa shape index (κ3) is 5.82. The molecule has 1 rings (SSSR count). The first-order valence-electron chi connectivity index (χ1n) is 5.56. The largest absolute Gasteiger partial charge is 0.481 e. The van der Waals surface area contributed by atoms with E-state index in [1.807, 2.05) is 30.0 Å². The smallest absolute Gasteiger partial charge is 0.304 e. The summed E-state index contributed by atoms with van der Waals surface area (Å²) in [6.07, 6.45) is 1.88. The van der Waals surface area contributed by atoms with Crippen molar-refractivity contribution in [1.82, 2.24) is 9.88 Å². The lowest BCUT2D eigenvalue weighted by Crippen LogP contribution is -2.28. The van der Waals surface area contributed by atoms with Gasteiger partial charge in [-0.15, -0.1) is 0 Å². The van der Waals surface area contributed by atoms with Crippen molar-refractivity contribution in [1.29, 1.82) is 0 Å². The standard InChI is InChI=1S/C13H18N2O2/c1-11(2)9-15(8-6-13(16)17)10-12-5-3-4-7-14-12/h3-5,7H,1,6,8-10H2,2H3,(H,16,17). The average Bonchev–Trinajstić information content (AvgIpc) is 2.26. The van der Waals surface area contributed by atoms with Crippen LogP contribution in [0.5, 0.6) is 0 Å². The molecule has 0 radical (unpaired) electrons. The summed E-state index contributed by atoms with van der Waals surface area (Å²) >= 11 is 0. The number of carboxylic acids is 1. The van der Waals surface area contributed by atoms with Crippen molar-refractivity contribution in [3.05, 3.63) is 42.2 Å². The van der Waals surface area contributed by atoms with Crippen molar-refractivity contribution in [2.75, 3.05) is 13.1 Å². The molecule has 1 aromatic heterocycles. The summed E-state index contributed by atoms with van der Waals surface area (Å²) in [6.45, 7) is 7.66. The van der Waals surface area contributed by atoms with E-state index in [1.165, 1.54) is 0 Å². The molecule has 0 aliphatic heterocycles. The minimum atomic E-state index is -0.780. The molecule has 4 nitrogen and oxygen atoms in total. The molecule has 0 atom stereocenters. The zero-order valence-corrected chi connectivity index (χ0v) is 10.1. The van der Waals surface area contributed by atoms with Gasteiger partial charge in [0.25, 0.3) is 0 Å². The Balaban J connectivity index is 2.56. The van der Waals surface area contributed by atoms with Crippen LogP contribution in [0.4, 0.5) is 0 Å². The van der Waals surface area contributed by atoms with E-state index < -0.39 is 5.97 Å². The van der Waals surface area contributed by atoms with Gasteiger partial charge < -0.3 is 5.11 Å². The highest BCUT2D eigenvalue weighted by Gasteiger charge is 2.08. The van der Waals surface area contributed by atoms with E-state index in [-0.39, 0.29) is 6.42 Å². The SMILES string of the molecule is C=C(C)CN(CCC(=O)O)Cc1ccccn1. The van der Waals surface area contributed by atoms with Gasteiger partial charge in [-0.05, 0) is 19.1 Å². The van der Waals surface area contributed by atoms with Gasteiger partial charge in [-0.2, -0.15) is 0 Å². The predicted molar refractivity (Wildman–Crippen MR) is 66.6 cm³/mol. The molecule has 0 aliphatic rings. The van der Waals surface area contributed by atoms with Crippen LogP contribution in [0, 0.1) is 0 Å². The summed E-state index contributed by atoms with van der Waals surface area (Å²) in [5.41, 5.74) is 1.96. The molecule has 1 heterocycles. The first-order chi connectivity index (χ1) is 8.08. The van der Waals surface area contributed by atoms with E-state index in [4.69, 9.17) is 5.11 Å². The monoisotopic (exact) mass is 234 g/mol. The summed E-state index contributed by atoms with van der Waals surface area (Å²) in [5.74, 6) is -0.780. The quantitative estimate of drug-likeness (QED) is 0.732. The Bertz CT molecular complexity index is 376. The van der Waals surface area contributed by atoms with Gasteiger partial charge >= 0.3 is 5.97 Å². The average molecular weight is 234 g/mol. The molecule has 17 heavy (non-hydrogen) atoms. The van der Waals surface area contributed by atoms with Gasteiger partial charge in [0.1, 0.15) is 0 Å². The number of nitrogens with zero attached hydrogens (tertiary/aromatic N) is 2. The maximum Gasteiger partial charge on any atom is 0.304 e. The normalized spacial score (nSPS) is 10.5. The third-order valence-corrected chi connectivity index (χ3v) is 2.25. The first kappa shape index (κ1) is 13.4. The van der Waals surface area contributed by atoms with Gasteiger partial charge in [-0.1, -0.05) is 18.2 Å². The molecule has 4 heteroatoms. The Morgan fingerprint density at radius 2 is 2.29 bits per heavy atom. The molecule has 0 saturated heterocycles. The molecular formula is C13H18N2O2. The Kier molecular flexibility index (Phi) is 5.36. The van der Waals surface area contributed by atoms with Gasteiger partial charge in [0.2, 0.25) is 0 Å². The Labute approximate surface area is 102 Å². The second-order valence-electron chi connectivity index (χ2n) is 4.13. The van der Waals surface area contributed by atoms with Crippen molar-refractivity contribution in [2.45, 2.75) is 19.9 Å². The van der Waals surface area contributed by atoms with Gasteiger partial charge in [0, 0.05) is 25.8 Å². The number of carbonyl (C=O) groups is 1. The molecule has 0 fully saturated rings. The Morgan fingerprint density at radius 3 is 2.82 bits per heavy atom. The van der Waals surface area contributed by atoms with E-state index in [2.05, 4.69) is 11.6 Å². The molecule has 0 aliphatic carbocycles. The van der Waals surface area contributed by atoms with Crippen molar-refractivity contribution < 1.29 is 9.90 Å². The number of pyridine rings is 1. The van der Waals surface area contributed by atoms with Crippen LogP contribution in [0.3, 0.4) is 0 Å². The van der Waals surface area contributed by atoms with Crippen LogP contribution in [0.2, 0.25) is 0 Å². The minimum absolute atomic E-state index is 0.139. The number of rotatable bonds is 7. The van der Waals surface area contributed by atoms with E-state index in [0.717, 1.165) is 11.3 Å². The van der Waals surface area contributed by atoms with E-state index in [1.54, 1.807) is 6.20 Å². The van der Waals surface area contributed by atoms with Crippen LogP contribution < -0.4 is 0 Å². The molecular weight excluding hydrogens is 216 g/mol.